The lowest BCUT2D eigenvalue weighted by Gasteiger charge is -2.37. The predicted octanol–water partition coefficient (Wildman–Crippen LogP) is 2.01. The van der Waals surface area contributed by atoms with E-state index in [1.54, 1.807) is 6.07 Å². The van der Waals surface area contributed by atoms with Gasteiger partial charge in [-0.1, -0.05) is 0 Å². The van der Waals surface area contributed by atoms with Crippen LogP contribution < -0.4 is 5.32 Å². The van der Waals surface area contributed by atoms with Gasteiger partial charge in [-0.2, -0.15) is 0 Å². The van der Waals surface area contributed by atoms with Crippen LogP contribution in [0.3, 0.4) is 0 Å². The number of nitro groups is 1. The molecule has 0 aliphatic carbocycles. The van der Waals surface area contributed by atoms with Crippen LogP contribution in [0.4, 0.5) is 11.4 Å². The van der Waals surface area contributed by atoms with E-state index < -0.39 is 4.92 Å². The number of anilines is 1. The zero-order valence-electron chi connectivity index (χ0n) is 11.7. The Balaban J connectivity index is 1.98. The van der Waals surface area contributed by atoms with Crippen LogP contribution in [0.2, 0.25) is 0 Å². The maximum Gasteiger partial charge on any atom is 0.270 e. The Morgan fingerprint density at radius 2 is 2.20 bits per heavy atom. The fourth-order valence-corrected chi connectivity index (χ4v) is 2.82. The van der Waals surface area contributed by atoms with Crippen molar-refractivity contribution in [2.45, 2.75) is 6.04 Å². The summed E-state index contributed by atoms with van der Waals surface area (Å²) in [5.74, 6) is 0. The zero-order chi connectivity index (χ0) is 14.7. The molecule has 20 heavy (non-hydrogen) atoms. The van der Waals surface area contributed by atoms with Crippen LogP contribution in [0.5, 0.6) is 0 Å². The second-order valence-corrected chi connectivity index (χ2v) is 6.05. The number of rotatable bonds is 4. The van der Waals surface area contributed by atoms with E-state index in [9.17, 15) is 10.1 Å². The fraction of sp³-hybridized carbons (Fsp3) is 0.538. The van der Waals surface area contributed by atoms with E-state index in [0.717, 1.165) is 36.3 Å². The molecule has 0 aromatic heterocycles. The molecule has 1 fully saturated rings. The lowest BCUT2D eigenvalue weighted by Crippen LogP contribution is -2.52. The molecule has 7 heteroatoms. The summed E-state index contributed by atoms with van der Waals surface area (Å²) in [6, 6.07) is 5.23. The van der Waals surface area contributed by atoms with Crippen LogP contribution >= 0.6 is 15.9 Å². The second kappa shape index (κ2) is 6.51. The number of halogens is 1. The van der Waals surface area contributed by atoms with Gasteiger partial charge in [-0.15, -0.1) is 0 Å². The minimum absolute atomic E-state index is 0.0944. The van der Waals surface area contributed by atoms with E-state index in [1.165, 1.54) is 12.1 Å². The molecule has 1 heterocycles. The Kier molecular flexibility index (Phi) is 4.95. The predicted molar refractivity (Wildman–Crippen MR) is 83.2 cm³/mol. The van der Waals surface area contributed by atoms with Crippen molar-refractivity contribution in [1.29, 1.82) is 0 Å². The first-order valence-corrected chi connectivity index (χ1v) is 7.33. The molecule has 110 valence electrons. The summed E-state index contributed by atoms with van der Waals surface area (Å²) in [6.07, 6.45) is 0. The van der Waals surface area contributed by atoms with Gasteiger partial charge in [0.2, 0.25) is 0 Å². The Bertz CT molecular complexity index is 497. The quantitative estimate of drug-likeness (QED) is 0.669. The summed E-state index contributed by atoms with van der Waals surface area (Å²) in [6.45, 7) is 3.99. The lowest BCUT2D eigenvalue weighted by molar-refractivity contribution is -0.384. The van der Waals surface area contributed by atoms with Gasteiger partial charge in [0.1, 0.15) is 0 Å². The average molecular weight is 343 g/mol. The number of nitrogens with zero attached hydrogens (tertiary/aromatic N) is 3. The molecule has 1 aromatic carbocycles. The molecule has 0 radical (unpaired) electrons. The van der Waals surface area contributed by atoms with Gasteiger partial charge in [-0.3, -0.25) is 15.0 Å². The summed E-state index contributed by atoms with van der Waals surface area (Å²) >= 11 is 3.38. The molecule has 1 aliphatic rings. The van der Waals surface area contributed by atoms with E-state index in [-0.39, 0.29) is 5.69 Å². The first-order valence-electron chi connectivity index (χ1n) is 6.54. The summed E-state index contributed by atoms with van der Waals surface area (Å²) < 4.78 is 0.721. The van der Waals surface area contributed by atoms with Gasteiger partial charge in [0, 0.05) is 54.5 Å². The standard InChI is InChI=1S/C13H19BrN4O2/c1-16-5-6-17(2)11(9-16)8-15-13-4-3-10(18(19)20)7-12(13)14/h3-4,7,11,15H,5-6,8-9H2,1-2H3. The smallest absolute Gasteiger partial charge is 0.270 e. The van der Waals surface area contributed by atoms with Crippen molar-refractivity contribution in [2.75, 3.05) is 45.6 Å². The third-order valence-electron chi connectivity index (χ3n) is 3.67. The highest BCUT2D eigenvalue weighted by Crippen LogP contribution is 2.27. The maximum atomic E-state index is 10.7. The zero-order valence-corrected chi connectivity index (χ0v) is 13.3. The van der Waals surface area contributed by atoms with Crippen molar-refractivity contribution in [2.24, 2.45) is 0 Å². The van der Waals surface area contributed by atoms with E-state index in [2.05, 4.69) is 45.1 Å². The highest BCUT2D eigenvalue weighted by atomic mass is 79.9. The van der Waals surface area contributed by atoms with Gasteiger partial charge in [0.05, 0.1) is 4.92 Å². The average Bonchev–Trinajstić information content (AvgIpc) is 2.40. The van der Waals surface area contributed by atoms with Crippen molar-refractivity contribution in [3.63, 3.8) is 0 Å². The van der Waals surface area contributed by atoms with Crippen molar-refractivity contribution in [1.82, 2.24) is 9.80 Å². The number of nitro benzene ring substituents is 1. The monoisotopic (exact) mass is 342 g/mol. The van der Waals surface area contributed by atoms with Crippen LogP contribution in [0.1, 0.15) is 0 Å². The third kappa shape index (κ3) is 3.68. The minimum Gasteiger partial charge on any atom is -0.383 e. The SMILES string of the molecule is CN1CCN(C)C(CNc2ccc([N+](=O)[O-])cc2Br)C1. The van der Waals surface area contributed by atoms with E-state index in [0.29, 0.717) is 6.04 Å². The van der Waals surface area contributed by atoms with Gasteiger partial charge in [-0.05, 0) is 36.1 Å². The summed E-state index contributed by atoms with van der Waals surface area (Å²) in [5.41, 5.74) is 0.981. The lowest BCUT2D eigenvalue weighted by atomic mass is 10.2. The summed E-state index contributed by atoms with van der Waals surface area (Å²) in [7, 11) is 4.26. The second-order valence-electron chi connectivity index (χ2n) is 5.20. The first kappa shape index (κ1) is 15.2. The van der Waals surface area contributed by atoms with Gasteiger partial charge in [0.15, 0.2) is 0 Å². The summed E-state index contributed by atoms with van der Waals surface area (Å²) in [4.78, 5) is 15.0. The normalized spacial score (nSPS) is 20.9. The number of nitrogens with one attached hydrogen (secondary N) is 1. The van der Waals surface area contributed by atoms with Crippen LogP contribution in [-0.4, -0.2) is 61.0 Å². The molecule has 0 spiro atoms. The molecule has 1 saturated heterocycles. The molecular weight excluding hydrogens is 324 g/mol. The van der Waals surface area contributed by atoms with Crippen LogP contribution in [0.25, 0.3) is 0 Å². The molecule has 1 atom stereocenters. The maximum absolute atomic E-state index is 10.7. The molecule has 0 saturated carbocycles. The number of likely N-dealkylation sites (N-methyl/N-ethyl adjacent to an activating group) is 2. The molecular formula is C13H19BrN4O2. The van der Waals surface area contributed by atoms with Gasteiger partial charge in [-0.25, -0.2) is 0 Å². The van der Waals surface area contributed by atoms with Gasteiger partial charge >= 0.3 is 0 Å². The number of hydrogen-bond acceptors (Lipinski definition) is 5. The minimum atomic E-state index is -0.390. The molecule has 0 amide bonds. The van der Waals surface area contributed by atoms with Gasteiger partial charge in [0.25, 0.3) is 5.69 Å². The van der Waals surface area contributed by atoms with Gasteiger partial charge < -0.3 is 10.2 Å². The molecule has 1 N–H and O–H groups in total. The molecule has 6 nitrogen and oxygen atoms in total. The van der Waals surface area contributed by atoms with E-state index in [1.807, 2.05) is 0 Å². The van der Waals surface area contributed by atoms with Crippen molar-refractivity contribution < 1.29 is 4.92 Å². The Morgan fingerprint density at radius 1 is 1.45 bits per heavy atom. The first-order chi connectivity index (χ1) is 9.47. The molecule has 2 rings (SSSR count). The molecule has 1 aliphatic heterocycles. The van der Waals surface area contributed by atoms with Crippen molar-refractivity contribution >= 4 is 27.3 Å². The third-order valence-corrected chi connectivity index (χ3v) is 4.33. The van der Waals surface area contributed by atoms with E-state index in [4.69, 9.17) is 0 Å². The van der Waals surface area contributed by atoms with E-state index >= 15 is 0 Å². The number of piperazine rings is 1. The topological polar surface area (TPSA) is 61.6 Å². The molecule has 1 aromatic rings. The van der Waals surface area contributed by atoms with Crippen LogP contribution in [0.15, 0.2) is 22.7 Å². The summed E-state index contributed by atoms with van der Waals surface area (Å²) in [5, 5.41) is 14.1. The Labute approximate surface area is 127 Å². The highest BCUT2D eigenvalue weighted by molar-refractivity contribution is 9.10. The molecule has 0 bridgehead atoms. The fourth-order valence-electron chi connectivity index (χ4n) is 2.31. The largest absolute Gasteiger partial charge is 0.383 e. The number of non-ortho nitro benzene ring substituents is 1. The number of benzene rings is 1. The highest BCUT2D eigenvalue weighted by Gasteiger charge is 2.22. The van der Waals surface area contributed by atoms with Crippen LogP contribution in [-0.2, 0) is 0 Å². The van der Waals surface area contributed by atoms with Crippen LogP contribution in [0, 0.1) is 10.1 Å². The van der Waals surface area contributed by atoms with Crippen molar-refractivity contribution in [3.05, 3.63) is 32.8 Å². The number of hydrogen-bond donors (Lipinski definition) is 1. The Hall–Kier alpha value is -1.18. The molecule has 1 unspecified atom stereocenters. The van der Waals surface area contributed by atoms with Crippen molar-refractivity contribution in [3.8, 4) is 0 Å². The Morgan fingerprint density at radius 3 is 2.85 bits per heavy atom.